The first-order valence-corrected chi connectivity index (χ1v) is 9.37. The van der Waals surface area contributed by atoms with Crippen molar-refractivity contribution in [2.24, 2.45) is 0 Å². The zero-order chi connectivity index (χ0) is 18.4. The summed E-state index contributed by atoms with van der Waals surface area (Å²) in [5, 5.41) is 15.6. The van der Waals surface area contributed by atoms with Crippen LogP contribution in [-0.2, 0) is 17.9 Å². The largest absolute Gasteiger partial charge is 0.351 e. The minimum absolute atomic E-state index is 0.0934. The van der Waals surface area contributed by atoms with Gasteiger partial charge >= 0.3 is 0 Å². The summed E-state index contributed by atoms with van der Waals surface area (Å²) in [7, 11) is 0. The topological polar surface area (TPSA) is 72.7 Å². The fourth-order valence-electron chi connectivity index (χ4n) is 2.32. The number of carbonyl (C=O) groups excluding carboxylic acids is 1. The van der Waals surface area contributed by atoms with E-state index in [-0.39, 0.29) is 11.2 Å². The van der Waals surface area contributed by atoms with E-state index in [0.29, 0.717) is 23.3 Å². The number of aromatic nitrogens is 4. The molecule has 0 fully saturated rings. The molecule has 0 aliphatic carbocycles. The zero-order valence-electron chi connectivity index (χ0n) is 14.2. The molecule has 1 amide bonds. The Bertz CT molecular complexity index is 871. The molecule has 1 N–H and O–H groups in total. The van der Waals surface area contributed by atoms with Crippen LogP contribution < -0.4 is 5.32 Å². The maximum atomic E-state index is 12.4. The summed E-state index contributed by atoms with van der Waals surface area (Å²) in [6.07, 6.45) is 0. The van der Waals surface area contributed by atoms with Gasteiger partial charge in [-0.15, -0.1) is 5.10 Å². The van der Waals surface area contributed by atoms with Crippen LogP contribution in [0, 0.1) is 0 Å². The van der Waals surface area contributed by atoms with Crippen molar-refractivity contribution in [1.29, 1.82) is 0 Å². The number of hydrogen-bond donors (Lipinski definition) is 1. The van der Waals surface area contributed by atoms with Crippen LogP contribution in [0.5, 0.6) is 0 Å². The lowest BCUT2D eigenvalue weighted by molar-refractivity contribution is -0.120. The van der Waals surface area contributed by atoms with Gasteiger partial charge in [-0.1, -0.05) is 71.9 Å². The second-order valence-electron chi connectivity index (χ2n) is 5.67. The van der Waals surface area contributed by atoms with Crippen molar-refractivity contribution < 1.29 is 4.79 Å². The van der Waals surface area contributed by atoms with E-state index >= 15 is 0 Å². The number of nitrogens with zero attached hydrogens (tertiary/aromatic N) is 4. The SMILES string of the molecule is CC(Sc1nnnn1Cc1ccccc1)C(=O)NCc1ccccc1Cl. The third-order valence-corrected chi connectivity index (χ3v) is 5.18. The highest BCUT2D eigenvalue weighted by atomic mass is 35.5. The fourth-order valence-corrected chi connectivity index (χ4v) is 3.33. The highest BCUT2D eigenvalue weighted by Crippen LogP contribution is 2.21. The summed E-state index contributed by atoms with van der Waals surface area (Å²) in [6.45, 7) is 2.77. The van der Waals surface area contributed by atoms with Crippen molar-refractivity contribution in [3.63, 3.8) is 0 Å². The standard InChI is InChI=1S/C18H18ClN5OS/c1-13(17(25)20-11-15-9-5-6-10-16(15)19)26-18-21-22-23-24(18)12-14-7-3-2-4-8-14/h2-10,13H,11-12H2,1H3,(H,20,25). The predicted octanol–water partition coefficient (Wildman–Crippen LogP) is 3.17. The summed E-state index contributed by atoms with van der Waals surface area (Å²) in [6, 6.07) is 17.4. The smallest absolute Gasteiger partial charge is 0.233 e. The first-order chi connectivity index (χ1) is 12.6. The third kappa shape index (κ3) is 4.83. The Morgan fingerprint density at radius 2 is 1.92 bits per heavy atom. The van der Waals surface area contributed by atoms with Crippen LogP contribution in [0.1, 0.15) is 18.1 Å². The van der Waals surface area contributed by atoms with Crippen molar-refractivity contribution >= 4 is 29.3 Å². The first-order valence-electron chi connectivity index (χ1n) is 8.11. The molecular formula is C18H18ClN5OS. The molecule has 0 saturated carbocycles. The van der Waals surface area contributed by atoms with Crippen LogP contribution in [0.15, 0.2) is 59.8 Å². The van der Waals surface area contributed by atoms with Gasteiger partial charge in [0.15, 0.2) is 0 Å². The van der Waals surface area contributed by atoms with Crippen LogP contribution >= 0.6 is 23.4 Å². The average molecular weight is 388 g/mol. The molecule has 1 heterocycles. The van der Waals surface area contributed by atoms with Crippen LogP contribution in [0.2, 0.25) is 5.02 Å². The van der Waals surface area contributed by atoms with Crippen LogP contribution in [0.25, 0.3) is 0 Å². The van der Waals surface area contributed by atoms with Gasteiger partial charge in [0.25, 0.3) is 0 Å². The highest BCUT2D eigenvalue weighted by Gasteiger charge is 2.18. The third-order valence-electron chi connectivity index (χ3n) is 3.74. The second-order valence-corrected chi connectivity index (χ2v) is 7.39. The number of rotatable bonds is 7. The summed E-state index contributed by atoms with van der Waals surface area (Å²) in [5.74, 6) is -0.0934. The summed E-state index contributed by atoms with van der Waals surface area (Å²) >= 11 is 7.44. The average Bonchev–Trinajstić information content (AvgIpc) is 3.08. The minimum atomic E-state index is -0.335. The monoisotopic (exact) mass is 387 g/mol. The van der Waals surface area contributed by atoms with Gasteiger partial charge in [0.05, 0.1) is 11.8 Å². The summed E-state index contributed by atoms with van der Waals surface area (Å²) in [5.41, 5.74) is 1.98. The lowest BCUT2D eigenvalue weighted by Gasteiger charge is -2.12. The Kier molecular flexibility index (Phi) is 6.25. The van der Waals surface area contributed by atoms with Crippen molar-refractivity contribution in [2.75, 3.05) is 0 Å². The normalized spacial score (nSPS) is 11.9. The Morgan fingerprint density at radius 1 is 1.19 bits per heavy atom. The molecule has 0 aliphatic heterocycles. The first kappa shape index (κ1) is 18.4. The number of halogens is 1. The van der Waals surface area contributed by atoms with Gasteiger partial charge in [0.2, 0.25) is 11.1 Å². The maximum Gasteiger partial charge on any atom is 0.233 e. The Morgan fingerprint density at radius 3 is 2.69 bits per heavy atom. The Labute approximate surface area is 160 Å². The fraction of sp³-hybridized carbons (Fsp3) is 0.222. The molecule has 0 radical (unpaired) electrons. The molecule has 1 aromatic heterocycles. The molecule has 134 valence electrons. The van der Waals surface area contributed by atoms with Crippen LogP contribution in [0.4, 0.5) is 0 Å². The quantitative estimate of drug-likeness (QED) is 0.630. The molecular weight excluding hydrogens is 370 g/mol. The summed E-state index contributed by atoms with van der Waals surface area (Å²) < 4.78 is 1.69. The molecule has 0 saturated heterocycles. The summed E-state index contributed by atoms with van der Waals surface area (Å²) in [4.78, 5) is 12.4. The van der Waals surface area contributed by atoms with Crippen LogP contribution in [0.3, 0.4) is 0 Å². The molecule has 6 nitrogen and oxygen atoms in total. The minimum Gasteiger partial charge on any atom is -0.351 e. The van der Waals surface area contributed by atoms with Crippen LogP contribution in [-0.4, -0.2) is 31.4 Å². The van der Waals surface area contributed by atoms with Gasteiger partial charge in [0.1, 0.15) is 0 Å². The molecule has 0 spiro atoms. The van der Waals surface area contributed by atoms with Crippen molar-refractivity contribution in [3.05, 3.63) is 70.7 Å². The molecule has 0 bridgehead atoms. The van der Waals surface area contributed by atoms with Crippen molar-refractivity contribution in [3.8, 4) is 0 Å². The number of benzene rings is 2. The van der Waals surface area contributed by atoms with E-state index in [1.54, 1.807) is 10.7 Å². The highest BCUT2D eigenvalue weighted by molar-refractivity contribution is 8.00. The second kappa shape index (κ2) is 8.82. The van der Waals surface area contributed by atoms with E-state index < -0.39 is 0 Å². The van der Waals surface area contributed by atoms with E-state index in [2.05, 4.69) is 20.8 Å². The molecule has 26 heavy (non-hydrogen) atoms. The predicted molar refractivity (Wildman–Crippen MR) is 102 cm³/mol. The van der Waals surface area contributed by atoms with Gasteiger partial charge in [-0.2, -0.15) is 0 Å². The molecule has 3 rings (SSSR count). The van der Waals surface area contributed by atoms with Gasteiger partial charge in [-0.05, 0) is 34.5 Å². The molecule has 1 unspecified atom stereocenters. The number of hydrogen-bond acceptors (Lipinski definition) is 5. The van der Waals surface area contributed by atoms with Crippen molar-refractivity contribution in [1.82, 2.24) is 25.5 Å². The number of tetrazole rings is 1. The number of amides is 1. The molecule has 3 aromatic rings. The number of nitrogens with one attached hydrogen (secondary N) is 1. The molecule has 8 heteroatoms. The van der Waals surface area contributed by atoms with Gasteiger partial charge in [-0.3, -0.25) is 4.79 Å². The van der Waals surface area contributed by atoms with Crippen molar-refractivity contribution in [2.45, 2.75) is 30.4 Å². The van der Waals surface area contributed by atoms with E-state index in [1.165, 1.54) is 11.8 Å². The van der Waals surface area contributed by atoms with E-state index in [0.717, 1.165) is 11.1 Å². The molecule has 0 aliphatic rings. The van der Waals surface area contributed by atoms with E-state index in [4.69, 9.17) is 11.6 Å². The molecule has 1 atom stereocenters. The number of carbonyl (C=O) groups is 1. The van der Waals surface area contributed by atoms with Gasteiger partial charge in [-0.25, -0.2) is 4.68 Å². The lowest BCUT2D eigenvalue weighted by atomic mass is 10.2. The lowest BCUT2D eigenvalue weighted by Crippen LogP contribution is -2.30. The molecule has 2 aromatic carbocycles. The maximum absolute atomic E-state index is 12.4. The van der Waals surface area contributed by atoms with E-state index in [1.807, 2.05) is 55.5 Å². The number of thioether (sulfide) groups is 1. The van der Waals surface area contributed by atoms with Gasteiger partial charge in [0, 0.05) is 11.6 Å². The Hall–Kier alpha value is -2.38. The Balaban J connectivity index is 1.58. The van der Waals surface area contributed by atoms with E-state index in [9.17, 15) is 4.79 Å². The zero-order valence-corrected chi connectivity index (χ0v) is 15.7. The van der Waals surface area contributed by atoms with Gasteiger partial charge < -0.3 is 5.32 Å².